The van der Waals surface area contributed by atoms with Crippen molar-refractivity contribution in [2.75, 3.05) is 0 Å². The van der Waals surface area contributed by atoms with Gasteiger partial charge in [0.25, 0.3) is 0 Å². The number of hydrogen-bond donors (Lipinski definition) is 1. The average Bonchev–Trinajstić information content (AvgIpc) is 2.45. The van der Waals surface area contributed by atoms with Crippen molar-refractivity contribution in [2.24, 2.45) is 0 Å². The fourth-order valence-corrected chi connectivity index (χ4v) is 9.06. The molecule has 0 saturated carbocycles. The first-order valence-electron chi connectivity index (χ1n) is 8.79. The van der Waals surface area contributed by atoms with Crippen LogP contribution in [-0.4, -0.2) is 33.0 Å². The molecule has 0 atom stereocenters. The van der Waals surface area contributed by atoms with E-state index in [0.717, 1.165) is 5.56 Å². The van der Waals surface area contributed by atoms with Gasteiger partial charge >= 0.3 is 143 Å². The molecular formula is C19H36NO2P. The third-order valence-corrected chi connectivity index (χ3v) is 11.2. The van der Waals surface area contributed by atoms with Gasteiger partial charge in [-0.15, -0.1) is 0 Å². The monoisotopic (exact) mass is 341 g/mol. The van der Waals surface area contributed by atoms with Crippen LogP contribution in [0.2, 0.25) is 0 Å². The first-order chi connectivity index (χ1) is 10.5. The van der Waals surface area contributed by atoms with E-state index in [1.807, 2.05) is 18.2 Å². The summed E-state index contributed by atoms with van der Waals surface area (Å²) >= 11 is 0. The van der Waals surface area contributed by atoms with Crippen LogP contribution < -0.4 is 0 Å². The van der Waals surface area contributed by atoms with Gasteiger partial charge < -0.3 is 0 Å². The van der Waals surface area contributed by atoms with E-state index in [9.17, 15) is 4.89 Å². The summed E-state index contributed by atoms with van der Waals surface area (Å²) in [5, 5.41) is 0. The molecule has 0 saturated heterocycles. The molecule has 0 aliphatic heterocycles. The van der Waals surface area contributed by atoms with Crippen molar-refractivity contribution in [3.63, 3.8) is 0 Å². The third kappa shape index (κ3) is 3.79. The Morgan fingerprint density at radius 1 is 0.870 bits per heavy atom. The molecule has 1 rings (SSSR count). The van der Waals surface area contributed by atoms with Crippen molar-refractivity contribution >= 4 is 7.21 Å². The van der Waals surface area contributed by atoms with Gasteiger partial charge in [-0.1, -0.05) is 0 Å². The molecule has 0 amide bonds. The Morgan fingerprint density at radius 2 is 1.30 bits per heavy atom. The molecule has 3 nitrogen and oxygen atoms in total. The molecule has 0 aromatic heterocycles. The van der Waals surface area contributed by atoms with E-state index >= 15 is 0 Å². The quantitative estimate of drug-likeness (QED) is 0.640. The van der Waals surface area contributed by atoms with E-state index in [2.05, 4.69) is 72.2 Å². The summed E-state index contributed by atoms with van der Waals surface area (Å²) < 4.78 is 8.78. The van der Waals surface area contributed by atoms with Gasteiger partial charge in [-0.2, -0.15) is 0 Å². The topological polar surface area (TPSA) is 32.7 Å². The molecule has 0 fully saturated rings. The van der Waals surface area contributed by atoms with Crippen molar-refractivity contribution in [2.45, 2.75) is 85.4 Å². The normalized spacial score (nSPS) is 15.0. The Balaban J connectivity index is 3.35. The molecule has 0 heterocycles. The van der Waals surface area contributed by atoms with Crippen molar-refractivity contribution in [3.05, 3.63) is 35.9 Å². The van der Waals surface area contributed by atoms with Crippen LogP contribution in [0.4, 0.5) is 0 Å². The Hall–Kier alpha value is -0.470. The Kier molecular flexibility index (Phi) is 6.81. The maximum absolute atomic E-state index is 12.2. The SMILES string of the molecule is CC(C)N(C(C)C)P(O)(OCc1ccccc1)(C(C)C)C(C)C. The second-order valence-electron chi connectivity index (χ2n) is 7.59. The molecule has 1 N–H and O–H groups in total. The predicted molar refractivity (Wildman–Crippen MR) is 103 cm³/mol. The molecule has 1 aromatic carbocycles. The first kappa shape index (κ1) is 20.6. The molecule has 0 aliphatic carbocycles. The Morgan fingerprint density at radius 3 is 1.65 bits per heavy atom. The van der Waals surface area contributed by atoms with Crippen LogP contribution in [0.3, 0.4) is 0 Å². The standard InChI is InChI=1S/C19H36NO2P/c1-15(2)20(16(3)4)23(21,17(5)6,18(7)8)22-14-19-12-10-9-11-13-19/h9-13,15-18,21H,14H2,1-8H3. The van der Waals surface area contributed by atoms with Crippen LogP contribution in [-0.2, 0) is 11.1 Å². The zero-order chi connectivity index (χ0) is 17.9. The molecule has 0 bridgehead atoms. The molecule has 134 valence electrons. The van der Waals surface area contributed by atoms with Crippen molar-refractivity contribution in [1.82, 2.24) is 4.67 Å². The van der Waals surface area contributed by atoms with Gasteiger partial charge in [0.1, 0.15) is 0 Å². The first-order valence-corrected chi connectivity index (χ1v) is 11.0. The predicted octanol–water partition coefficient (Wildman–Crippen LogP) is 5.43. The van der Waals surface area contributed by atoms with Crippen molar-refractivity contribution in [1.29, 1.82) is 0 Å². The summed E-state index contributed by atoms with van der Waals surface area (Å²) in [6.45, 7) is 17.4. The van der Waals surface area contributed by atoms with E-state index in [0.29, 0.717) is 6.61 Å². The number of hydrogen-bond acceptors (Lipinski definition) is 3. The van der Waals surface area contributed by atoms with Gasteiger partial charge in [0.15, 0.2) is 0 Å². The van der Waals surface area contributed by atoms with Gasteiger partial charge in [-0.05, 0) is 0 Å². The van der Waals surface area contributed by atoms with E-state index in [-0.39, 0.29) is 23.4 Å². The number of nitrogens with zero attached hydrogens (tertiary/aromatic N) is 1. The summed E-state index contributed by atoms with van der Waals surface area (Å²) in [5.74, 6) is 0. The zero-order valence-corrected chi connectivity index (χ0v) is 17.0. The second-order valence-corrected chi connectivity index (χ2v) is 12.5. The molecule has 0 aliphatic rings. The van der Waals surface area contributed by atoms with Gasteiger partial charge in [0.05, 0.1) is 0 Å². The molecule has 23 heavy (non-hydrogen) atoms. The van der Waals surface area contributed by atoms with Gasteiger partial charge in [0.2, 0.25) is 0 Å². The minimum absolute atomic E-state index is 0.0505. The van der Waals surface area contributed by atoms with Crippen LogP contribution in [0.15, 0.2) is 30.3 Å². The van der Waals surface area contributed by atoms with Crippen LogP contribution in [0.1, 0.15) is 61.0 Å². The molecule has 4 heteroatoms. The van der Waals surface area contributed by atoms with Crippen LogP contribution in [0, 0.1) is 0 Å². The van der Waals surface area contributed by atoms with E-state index in [1.54, 1.807) is 0 Å². The summed E-state index contributed by atoms with van der Waals surface area (Å²) in [6.07, 6.45) is 0. The molecule has 0 radical (unpaired) electrons. The fraction of sp³-hybridized carbons (Fsp3) is 0.684. The number of benzene rings is 1. The summed E-state index contributed by atoms with van der Waals surface area (Å²) in [5.41, 5.74) is 1.20. The second kappa shape index (κ2) is 7.61. The Bertz CT molecular complexity index is 469. The van der Waals surface area contributed by atoms with Gasteiger partial charge in [-0.25, -0.2) is 0 Å². The van der Waals surface area contributed by atoms with Crippen LogP contribution in [0.5, 0.6) is 0 Å². The van der Waals surface area contributed by atoms with Gasteiger partial charge in [0, 0.05) is 0 Å². The minimum atomic E-state index is -3.56. The van der Waals surface area contributed by atoms with Crippen molar-refractivity contribution < 1.29 is 9.42 Å². The average molecular weight is 341 g/mol. The molecule has 1 aromatic rings. The van der Waals surface area contributed by atoms with Crippen LogP contribution in [0.25, 0.3) is 0 Å². The zero-order valence-electron chi connectivity index (χ0n) is 16.2. The third-order valence-electron chi connectivity index (χ3n) is 4.80. The number of rotatable bonds is 8. The maximum atomic E-state index is 12.2. The van der Waals surface area contributed by atoms with Crippen LogP contribution >= 0.6 is 7.21 Å². The summed E-state index contributed by atoms with van der Waals surface area (Å²) in [7, 11) is -3.56. The summed E-state index contributed by atoms with van der Waals surface area (Å²) in [4.78, 5) is 12.2. The van der Waals surface area contributed by atoms with Crippen molar-refractivity contribution in [3.8, 4) is 0 Å². The molecular weight excluding hydrogens is 305 g/mol. The van der Waals surface area contributed by atoms with E-state index < -0.39 is 7.21 Å². The fourth-order valence-electron chi connectivity index (χ4n) is 3.80. The van der Waals surface area contributed by atoms with E-state index in [4.69, 9.17) is 4.52 Å². The summed E-state index contributed by atoms with van der Waals surface area (Å²) in [6, 6.07) is 10.6. The Labute approximate surface area is 143 Å². The molecule has 0 spiro atoms. The van der Waals surface area contributed by atoms with Gasteiger partial charge in [-0.3, -0.25) is 0 Å². The molecule has 0 unspecified atom stereocenters. The van der Waals surface area contributed by atoms with E-state index in [1.165, 1.54) is 0 Å².